The summed E-state index contributed by atoms with van der Waals surface area (Å²) in [4.78, 5) is 8.57. The molecule has 0 saturated heterocycles. The SMILES string of the molecule is [AlH][O]c1nccc2sc3cccnc3c12. The average molecular weight is 229 g/mol. The monoisotopic (exact) mass is 229 g/mol. The van der Waals surface area contributed by atoms with Crippen LogP contribution in [0.1, 0.15) is 0 Å². The van der Waals surface area contributed by atoms with Crippen LogP contribution in [0.2, 0.25) is 0 Å². The maximum Gasteiger partial charge on any atom is 0.495 e. The molecule has 3 aromatic rings. The van der Waals surface area contributed by atoms with Gasteiger partial charge in [-0.25, -0.2) is 4.98 Å². The van der Waals surface area contributed by atoms with Gasteiger partial charge in [0.2, 0.25) is 0 Å². The number of hydrogen-bond acceptors (Lipinski definition) is 4. The lowest BCUT2D eigenvalue weighted by atomic mass is 10.3. The van der Waals surface area contributed by atoms with Crippen molar-refractivity contribution in [3.05, 3.63) is 30.6 Å². The Labute approximate surface area is 98.5 Å². The summed E-state index contributed by atoms with van der Waals surface area (Å²) in [5.74, 6) is 0.663. The summed E-state index contributed by atoms with van der Waals surface area (Å²) < 4.78 is 7.61. The molecule has 0 atom stereocenters. The highest BCUT2D eigenvalue weighted by atomic mass is 32.1. The van der Waals surface area contributed by atoms with E-state index in [4.69, 9.17) is 3.79 Å². The lowest BCUT2D eigenvalue weighted by molar-refractivity contribution is 0.597. The quantitative estimate of drug-likeness (QED) is 0.599. The minimum Gasteiger partial charge on any atom is -0.636 e. The van der Waals surface area contributed by atoms with E-state index in [2.05, 4.69) is 16.0 Å². The lowest BCUT2D eigenvalue weighted by Crippen LogP contribution is -1.89. The molecule has 0 N–H and O–H groups in total. The van der Waals surface area contributed by atoms with E-state index in [0.29, 0.717) is 5.88 Å². The molecule has 3 rings (SSSR count). The van der Waals surface area contributed by atoms with Crippen LogP contribution in [0.5, 0.6) is 5.88 Å². The van der Waals surface area contributed by atoms with Crippen molar-refractivity contribution >= 4 is 48.3 Å². The van der Waals surface area contributed by atoms with Gasteiger partial charge in [0.1, 0.15) is 0 Å². The highest BCUT2D eigenvalue weighted by molar-refractivity contribution is 7.25. The van der Waals surface area contributed by atoms with Crippen molar-refractivity contribution in [3.8, 4) is 5.88 Å². The number of rotatable bonds is 1. The zero-order valence-electron chi connectivity index (χ0n) is 7.80. The Morgan fingerprint density at radius 2 is 2.07 bits per heavy atom. The first kappa shape index (κ1) is 9.11. The molecule has 15 heavy (non-hydrogen) atoms. The summed E-state index contributed by atoms with van der Waals surface area (Å²) in [6.07, 6.45) is 3.56. The van der Waals surface area contributed by atoms with Gasteiger partial charge in [0.05, 0.1) is 15.6 Å². The Morgan fingerprint density at radius 3 is 2.93 bits per heavy atom. The second-order valence-electron chi connectivity index (χ2n) is 3.09. The summed E-state index contributed by atoms with van der Waals surface area (Å²) in [7, 11) is 0. The number of pyridine rings is 2. The van der Waals surface area contributed by atoms with Crippen LogP contribution in [0.4, 0.5) is 0 Å². The number of fused-ring (bicyclic) bond motifs is 3. The molecule has 1 radical (unpaired) electrons. The smallest absolute Gasteiger partial charge is 0.495 e. The van der Waals surface area contributed by atoms with Gasteiger partial charge in [0, 0.05) is 17.1 Å². The second-order valence-corrected chi connectivity index (χ2v) is 4.46. The van der Waals surface area contributed by atoms with Crippen molar-refractivity contribution in [2.75, 3.05) is 0 Å². The normalized spacial score (nSPS) is 10.9. The summed E-state index contributed by atoms with van der Waals surface area (Å²) in [6, 6.07) is 6.00. The highest BCUT2D eigenvalue weighted by Crippen LogP contribution is 2.36. The third kappa shape index (κ3) is 1.32. The summed E-state index contributed by atoms with van der Waals surface area (Å²) >= 11 is 3.15. The van der Waals surface area contributed by atoms with Crippen LogP contribution >= 0.6 is 11.3 Å². The van der Waals surface area contributed by atoms with Gasteiger partial charge in [-0.1, -0.05) is 0 Å². The maximum absolute atomic E-state index is 5.28. The minimum absolute atomic E-state index is 0.663. The number of hydrogen-bond donors (Lipinski definition) is 0. The van der Waals surface area contributed by atoms with E-state index in [1.54, 1.807) is 23.7 Å². The fourth-order valence-corrected chi connectivity index (χ4v) is 2.89. The van der Waals surface area contributed by atoms with E-state index in [9.17, 15) is 0 Å². The molecule has 0 aliphatic rings. The van der Waals surface area contributed by atoms with Crippen molar-refractivity contribution in [1.82, 2.24) is 9.97 Å². The highest BCUT2D eigenvalue weighted by Gasteiger charge is 2.10. The van der Waals surface area contributed by atoms with Gasteiger partial charge in [-0.05, 0) is 18.2 Å². The van der Waals surface area contributed by atoms with Crippen molar-refractivity contribution in [2.24, 2.45) is 0 Å². The molecule has 0 amide bonds. The van der Waals surface area contributed by atoms with Crippen molar-refractivity contribution in [1.29, 1.82) is 0 Å². The van der Waals surface area contributed by atoms with Gasteiger partial charge < -0.3 is 3.79 Å². The Morgan fingerprint density at radius 1 is 1.13 bits per heavy atom. The minimum atomic E-state index is 0.663. The molecule has 0 aliphatic carbocycles. The van der Waals surface area contributed by atoms with E-state index in [-0.39, 0.29) is 0 Å². The van der Waals surface area contributed by atoms with E-state index in [1.807, 2.05) is 12.1 Å². The van der Waals surface area contributed by atoms with E-state index < -0.39 is 0 Å². The molecule has 3 nitrogen and oxygen atoms in total. The molecule has 0 unspecified atom stereocenters. The van der Waals surface area contributed by atoms with Crippen LogP contribution in [0.15, 0.2) is 30.6 Å². The number of thiophene rings is 1. The van der Waals surface area contributed by atoms with Gasteiger partial charge in [0.15, 0.2) is 5.88 Å². The molecule has 0 bridgehead atoms. The molecule has 0 saturated carbocycles. The van der Waals surface area contributed by atoms with Gasteiger partial charge in [-0.2, -0.15) is 0 Å². The number of aromatic nitrogens is 2. The first-order chi connectivity index (χ1) is 7.40. The van der Waals surface area contributed by atoms with Gasteiger partial charge in [-0.3, -0.25) is 4.98 Å². The molecule has 3 aromatic heterocycles. The topological polar surface area (TPSA) is 35.0 Å². The van der Waals surface area contributed by atoms with Crippen LogP contribution in [0.3, 0.4) is 0 Å². The molecule has 3 heterocycles. The largest absolute Gasteiger partial charge is 0.636 e. The first-order valence-electron chi connectivity index (χ1n) is 4.44. The molecular formula is C10H6AlN2OS. The Bertz CT molecular complexity index is 637. The predicted octanol–water partition coefficient (Wildman–Crippen LogP) is 2.04. The van der Waals surface area contributed by atoms with Crippen LogP contribution < -0.4 is 3.79 Å². The molecule has 0 aromatic carbocycles. The summed E-state index contributed by atoms with van der Waals surface area (Å²) in [5, 5.41) is 1.02. The molecule has 71 valence electrons. The Balaban J connectivity index is 2.56. The van der Waals surface area contributed by atoms with Crippen LogP contribution in [0.25, 0.3) is 20.3 Å². The van der Waals surface area contributed by atoms with Crippen LogP contribution in [0, 0.1) is 0 Å². The van der Waals surface area contributed by atoms with E-state index in [1.165, 1.54) is 26.0 Å². The third-order valence-electron chi connectivity index (χ3n) is 2.24. The zero-order chi connectivity index (χ0) is 10.3. The second kappa shape index (κ2) is 3.46. The molecule has 0 fully saturated rings. The van der Waals surface area contributed by atoms with E-state index in [0.717, 1.165) is 10.9 Å². The first-order valence-corrected chi connectivity index (χ1v) is 5.84. The standard InChI is InChI=1S/C10H6N2OS.Al.H/c13-10-8-6(3-5-12-10)14-7-2-1-4-11-9(7)8;;/h1-5H,(H,12,13);;/q;+1;/p-1. The third-order valence-corrected chi connectivity index (χ3v) is 3.62. The van der Waals surface area contributed by atoms with Crippen LogP contribution in [-0.4, -0.2) is 26.6 Å². The fourth-order valence-electron chi connectivity index (χ4n) is 1.62. The summed E-state index contributed by atoms with van der Waals surface area (Å²) in [6.45, 7) is 0. The molecule has 0 aliphatic heterocycles. The van der Waals surface area contributed by atoms with Crippen molar-refractivity contribution in [3.63, 3.8) is 0 Å². The summed E-state index contributed by atoms with van der Waals surface area (Å²) in [5.41, 5.74) is 0.979. The van der Waals surface area contributed by atoms with Gasteiger partial charge in [-0.15, -0.1) is 11.3 Å². The number of nitrogens with zero attached hydrogens (tertiary/aromatic N) is 2. The fraction of sp³-hybridized carbons (Fsp3) is 0. The van der Waals surface area contributed by atoms with Crippen LogP contribution in [-0.2, 0) is 0 Å². The van der Waals surface area contributed by atoms with Gasteiger partial charge >= 0.3 is 16.6 Å². The lowest BCUT2D eigenvalue weighted by Gasteiger charge is -2.01. The Kier molecular flexibility index (Phi) is 2.10. The van der Waals surface area contributed by atoms with E-state index >= 15 is 0 Å². The Hall–Kier alpha value is -1.15. The van der Waals surface area contributed by atoms with Gasteiger partial charge in [0.25, 0.3) is 0 Å². The average Bonchev–Trinajstić information content (AvgIpc) is 2.67. The van der Waals surface area contributed by atoms with Crippen molar-refractivity contribution < 1.29 is 3.79 Å². The molecule has 0 spiro atoms. The molecule has 5 heteroatoms. The zero-order valence-corrected chi connectivity index (χ0v) is 10.0. The van der Waals surface area contributed by atoms with Crippen molar-refractivity contribution in [2.45, 2.75) is 0 Å². The maximum atomic E-state index is 5.28. The molecular weight excluding hydrogens is 223 g/mol. The predicted molar refractivity (Wildman–Crippen MR) is 62.7 cm³/mol.